The summed E-state index contributed by atoms with van der Waals surface area (Å²) in [6.45, 7) is 0. The molecule has 0 saturated carbocycles. The van der Waals surface area contributed by atoms with Gasteiger partial charge in [-0.25, -0.2) is 9.97 Å². The number of fused-ring (bicyclic) bond motifs is 9. The van der Waals surface area contributed by atoms with E-state index in [0.29, 0.717) is 0 Å². The molecule has 0 spiro atoms. The van der Waals surface area contributed by atoms with E-state index < -0.39 is 213 Å². The number of hydrogen-bond donors (Lipinski definition) is 0. The predicted octanol–water partition coefficient (Wildman–Crippen LogP) is 11.9. The van der Waals surface area contributed by atoms with E-state index in [2.05, 4.69) is 15.0 Å². The first-order chi connectivity index (χ1) is 38.7. The molecule has 7 heteroatoms. The molecule has 7 nitrogen and oxygen atoms in total. The van der Waals surface area contributed by atoms with Crippen LogP contribution in [0.1, 0.15) is 34.3 Å². The van der Waals surface area contributed by atoms with Crippen LogP contribution in [0.4, 0.5) is 0 Å². The zero-order valence-corrected chi connectivity index (χ0v) is 28.6. The topological polar surface area (TPSA) is 66.3 Å². The Morgan fingerprint density at radius 2 is 0.930 bits per heavy atom. The quantitative estimate of drug-likeness (QED) is 0.175. The molecule has 6 aromatic heterocycles. The highest BCUT2D eigenvalue weighted by molar-refractivity contribution is 6.12. The van der Waals surface area contributed by atoms with E-state index in [9.17, 15) is 12.3 Å². The van der Waals surface area contributed by atoms with Gasteiger partial charge in [-0.15, -0.1) is 0 Å². The summed E-state index contributed by atoms with van der Waals surface area (Å²) in [7, 11) is 0. The summed E-state index contributed by atoms with van der Waals surface area (Å²) >= 11 is 0. The predicted molar refractivity (Wildman–Crippen MR) is 232 cm³/mol. The lowest BCUT2D eigenvalue weighted by Crippen LogP contribution is -2.07. The van der Waals surface area contributed by atoms with Crippen LogP contribution >= 0.6 is 0 Å². The van der Waals surface area contributed by atoms with E-state index in [1.54, 1.807) is 0 Å². The molecule has 0 amide bonds. The number of nitrogens with zero attached hydrogens (tertiary/aromatic N) is 7. The summed E-state index contributed by atoms with van der Waals surface area (Å²) in [5, 5.41) is -1.22. The fourth-order valence-electron chi connectivity index (χ4n) is 7.26. The van der Waals surface area contributed by atoms with Crippen molar-refractivity contribution in [2.24, 2.45) is 0 Å². The molecule has 57 heavy (non-hydrogen) atoms. The number of hydrogen-bond acceptors (Lipinski definition) is 4. The Morgan fingerprint density at radius 3 is 1.54 bits per heavy atom. The molecule has 0 saturated heterocycles. The van der Waals surface area contributed by atoms with Crippen molar-refractivity contribution in [3.05, 3.63) is 188 Å². The maximum absolute atomic E-state index is 10.4. The van der Waals surface area contributed by atoms with Crippen LogP contribution in [0, 0.1) is 0 Å². The van der Waals surface area contributed by atoms with Crippen LogP contribution in [0.3, 0.4) is 0 Å². The summed E-state index contributed by atoms with van der Waals surface area (Å²) in [5.74, 6) is -1.76. The Kier molecular flexibility index (Phi) is 3.39. The Morgan fingerprint density at radius 1 is 0.421 bits per heavy atom. The highest BCUT2D eigenvalue weighted by atomic mass is 15.1. The lowest BCUT2D eigenvalue weighted by atomic mass is 10.1. The minimum Gasteiger partial charge on any atom is -0.307 e. The van der Waals surface area contributed by atoms with Crippen molar-refractivity contribution in [3.63, 3.8) is 0 Å². The van der Waals surface area contributed by atoms with Crippen LogP contribution in [0.2, 0.25) is 0 Å². The van der Waals surface area contributed by atoms with Crippen molar-refractivity contribution < 1.29 is 34.3 Å². The molecule has 12 aromatic rings. The SMILES string of the molecule is [2H]c1c(-c2c([2H])c([2H])c([2H])c(-n3c4ccncc4c4c([2H])c([2H])c([2H])c([2H])c43)c2-n2c3ccncc3c3c([2H])c([2H])c([2H])c([2H])c32)nc(-c2c([2H])c([2H])c([2H])c([2H])c2[2H])nc1-n1c2c([2H])c([2H])c([2H])c([2H])c2c2c([2H])c([2H])c([2H])c([2H])c21. The first kappa shape index (κ1) is 15.7. The van der Waals surface area contributed by atoms with Crippen LogP contribution in [-0.4, -0.2) is 33.6 Å². The number of aromatic nitrogens is 7. The molecule has 0 aliphatic heterocycles. The Labute approximate surface area is 361 Å². The van der Waals surface area contributed by atoms with Gasteiger partial charge in [0.05, 0.1) is 84.4 Å². The number of pyridine rings is 2. The smallest absolute Gasteiger partial charge is 0.162 e. The number of benzene rings is 6. The summed E-state index contributed by atoms with van der Waals surface area (Å²) in [5.41, 5.74) is -5.47. The van der Waals surface area contributed by atoms with Crippen LogP contribution < -0.4 is 0 Å². The van der Waals surface area contributed by atoms with E-state index in [0.717, 1.165) is 13.7 Å². The molecule has 12 rings (SSSR count). The minimum absolute atomic E-state index is 0.00186. The normalized spacial score (nSPS) is 18.0. The van der Waals surface area contributed by atoms with Gasteiger partial charge in [0.2, 0.25) is 0 Å². The number of rotatable bonds is 5. The zero-order valence-electron chi connectivity index (χ0n) is 53.6. The van der Waals surface area contributed by atoms with E-state index in [-0.39, 0.29) is 43.6 Å². The van der Waals surface area contributed by atoms with Gasteiger partial charge in [-0.1, -0.05) is 115 Å². The van der Waals surface area contributed by atoms with Gasteiger partial charge in [-0.2, -0.15) is 0 Å². The van der Waals surface area contributed by atoms with E-state index in [1.165, 1.54) is 36.9 Å². The van der Waals surface area contributed by atoms with Crippen molar-refractivity contribution in [1.82, 2.24) is 33.6 Å². The molecule has 0 atom stereocenters. The number of para-hydroxylation sites is 5. The van der Waals surface area contributed by atoms with Gasteiger partial charge in [0.1, 0.15) is 5.82 Å². The zero-order chi connectivity index (χ0) is 59.2. The van der Waals surface area contributed by atoms with E-state index >= 15 is 0 Å². The highest BCUT2D eigenvalue weighted by Gasteiger charge is 2.24. The summed E-state index contributed by atoms with van der Waals surface area (Å²) in [6.07, 6.45) is 5.11. The van der Waals surface area contributed by atoms with Gasteiger partial charge >= 0.3 is 0 Å². The third-order valence-electron chi connectivity index (χ3n) is 9.54. The van der Waals surface area contributed by atoms with E-state index in [4.69, 9.17) is 26.9 Å². The average molecular weight is 755 g/mol. The van der Waals surface area contributed by atoms with Gasteiger partial charge in [0.25, 0.3) is 0 Å². The molecule has 0 N–H and O–H groups in total. The van der Waals surface area contributed by atoms with Gasteiger partial charge in [0, 0.05) is 74.3 Å². The molecule has 0 radical (unpaired) electrons. The third kappa shape index (κ3) is 4.66. The lowest BCUT2D eigenvalue weighted by molar-refractivity contribution is 1.04. The molecular weight excluding hydrogens is 699 g/mol. The van der Waals surface area contributed by atoms with Crippen molar-refractivity contribution in [3.8, 4) is 39.8 Å². The van der Waals surface area contributed by atoms with Gasteiger partial charge in [-0.3, -0.25) is 14.5 Å². The highest BCUT2D eigenvalue weighted by Crippen LogP contribution is 2.42. The minimum atomic E-state index is -1.02. The Hall–Kier alpha value is -7.90. The molecule has 266 valence electrons. The molecule has 0 fully saturated rings. The molecular formula is C50H31N7. The third-order valence-corrected chi connectivity index (χ3v) is 9.54. The fraction of sp³-hybridized carbons (Fsp3) is 0. The summed E-state index contributed by atoms with van der Waals surface area (Å²) in [4.78, 5) is 17.8. The average Bonchev–Trinajstić information content (AvgIpc) is 1.59. The summed E-state index contributed by atoms with van der Waals surface area (Å²) < 4.78 is 232. The molecule has 0 unspecified atom stereocenters. The van der Waals surface area contributed by atoms with Gasteiger partial charge < -0.3 is 9.13 Å². The largest absolute Gasteiger partial charge is 0.307 e. The lowest BCUT2D eigenvalue weighted by Gasteiger charge is -2.21. The van der Waals surface area contributed by atoms with Crippen molar-refractivity contribution in [2.45, 2.75) is 0 Å². The first-order valence-electron chi connectivity index (χ1n) is 29.5. The Bertz CT molecular complexity index is 4900. The molecule has 6 aromatic carbocycles. The van der Waals surface area contributed by atoms with Crippen LogP contribution in [-0.2, 0) is 0 Å². The maximum Gasteiger partial charge on any atom is 0.162 e. The molecule has 0 bridgehead atoms. The van der Waals surface area contributed by atoms with Gasteiger partial charge in [-0.05, 0) is 42.3 Å². The summed E-state index contributed by atoms with van der Waals surface area (Å²) in [6, 6.07) is -18.0. The fourth-order valence-corrected chi connectivity index (χ4v) is 7.26. The van der Waals surface area contributed by atoms with Gasteiger partial charge in [0.15, 0.2) is 5.82 Å². The second-order valence-corrected chi connectivity index (χ2v) is 12.5. The van der Waals surface area contributed by atoms with Crippen LogP contribution in [0.25, 0.3) is 105 Å². The van der Waals surface area contributed by atoms with Crippen molar-refractivity contribution in [2.75, 3.05) is 0 Å². The standard InChI is InChI=1S/C50H31N7/c1-2-13-32(14-3-1)50-53-40(29-48(54-50)56-42-21-9-4-15-33(42)34-16-5-10-22-43(34)56)37-19-12-24-47(55-41-20-8-6-17-35(41)38-30-51-27-25-45(38)55)49(37)57-44-23-11-7-18-36(44)39-31-52-28-26-46(39)57/h1-31H/i1D,2D,3D,4D,5D,6D,7D,8D,9D,10D,11D,12D,13D,14D,15D,16D,17D,18D,19D,20D,21D,22D,23D,24D,29D. The first-order valence-corrected chi connectivity index (χ1v) is 17.0. The van der Waals surface area contributed by atoms with Crippen LogP contribution in [0.5, 0.6) is 0 Å². The maximum atomic E-state index is 10.4. The van der Waals surface area contributed by atoms with Crippen LogP contribution in [0.15, 0.2) is 188 Å². The molecule has 0 aliphatic rings. The molecule has 6 heterocycles. The Balaban J connectivity index is 1.42. The second kappa shape index (κ2) is 12.3. The van der Waals surface area contributed by atoms with Crippen molar-refractivity contribution in [1.29, 1.82) is 0 Å². The monoisotopic (exact) mass is 754 g/mol. The molecule has 0 aliphatic carbocycles. The second-order valence-electron chi connectivity index (χ2n) is 12.5. The van der Waals surface area contributed by atoms with E-state index in [1.807, 2.05) is 0 Å². The van der Waals surface area contributed by atoms with Crippen molar-refractivity contribution >= 4 is 65.4 Å².